The van der Waals surface area contributed by atoms with E-state index >= 15 is 0 Å². The molecular formula is C30H54N2O7. The maximum atomic E-state index is 12.5. The van der Waals surface area contributed by atoms with Gasteiger partial charge in [0, 0.05) is 57.0 Å². The minimum Gasteiger partial charge on any atom is -0.462 e. The molecule has 1 aliphatic heterocycles. The van der Waals surface area contributed by atoms with Gasteiger partial charge < -0.3 is 30.0 Å². The quantitative estimate of drug-likeness (QED) is 0.256. The lowest BCUT2D eigenvalue weighted by Crippen LogP contribution is -2.43. The Morgan fingerprint density at radius 3 is 2.23 bits per heavy atom. The van der Waals surface area contributed by atoms with E-state index in [0.29, 0.717) is 38.6 Å². The summed E-state index contributed by atoms with van der Waals surface area (Å²) in [7, 11) is 1.59. The summed E-state index contributed by atoms with van der Waals surface area (Å²) in [6.07, 6.45) is 5.74. The zero-order valence-corrected chi connectivity index (χ0v) is 25.4. The predicted octanol–water partition coefficient (Wildman–Crippen LogP) is 4.20. The predicted molar refractivity (Wildman–Crippen MR) is 151 cm³/mol. The fourth-order valence-electron chi connectivity index (χ4n) is 4.68. The molecule has 3 N–H and O–H groups in total. The van der Waals surface area contributed by atoms with Crippen LogP contribution in [0, 0.1) is 23.7 Å². The first-order chi connectivity index (χ1) is 18.3. The zero-order chi connectivity index (χ0) is 29.7. The van der Waals surface area contributed by atoms with Gasteiger partial charge in [0.05, 0.1) is 18.1 Å². The number of amides is 1. The van der Waals surface area contributed by atoms with Crippen LogP contribution in [0.5, 0.6) is 0 Å². The second-order valence-electron chi connectivity index (χ2n) is 11.6. The summed E-state index contributed by atoms with van der Waals surface area (Å²) < 4.78 is 17.2. The number of carbonyl (C=O) groups excluding carboxylic acids is 3. The minimum absolute atomic E-state index is 0.0989. The highest BCUT2D eigenvalue weighted by molar-refractivity contribution is 5.77. The van der Waals surface area contributed by atoms with Crippen LogP contribution in [0.1, 0.15) is 93.4 Å². The van der Waals surface area contributed by atoms with Crippen LogP contribution < -0.4 is 5.73 Å². The molecule has 1 heterocycles. The second kappa shape index (κ2) is 17.7. The van der Waals surface area contributed by atoms with Gasteiger partial charge in [0.1, 0.15) is 12.2 Å². The number of hydrogen-bond donors (Lipinski definition) is 2. The Bertz CT molecular complexity index is 785. The van der Waals surface area contributed by atoms with E-state index in [0.717, 1.165) is 12.8 Å². The number of ether oxygens (including phenoxy) is 3. The summed E-state index contributed by atoms with van der Waals surface area (Å²) in [5, 5.41) is 11.2. The van der Waals surface area contributed by atoms with Gasteiger partial charge in [-0.3, -0.25) is 14.4 Å². The third-order valence-corrected chi connectivity index (χ3v) is 7.68. The number of rotatable bonds is 17. The molecule has 1 aliphatic rings. The zero-order valence-electron chi connectivity index (χ0n) is 25.4. The maximum absolute atomic E-state index is 12.5. The van der Waals surface area contributed by atoms with Crippen molar-refractivity contribution in [1.82, 2.24) is 4.90 Å². The molecule has 1 saturated heterocycles. The number of nitrogens with zero attached hydrogens (tertiary/aromatic N) is 1. The number of piperidine rings is 1. The number of likely N-dealkylation sites (tertiary alicyclic amines) is 1. The standard InChI is InChI=1S/C30H54N2O7/c1-9-28(34)38-25(19(2)3)18-26(37-8)23(31)13-14-24(39-30(36)20(4)5)22(7)29(35)21(6)15-17-32-16-11-10-12-27(32)33/h15,17,19-26,29,35H,9-14,16,18,31H2,1-8H3/b17-15+/t21-,22+,23+,24-,25+,26+,29-/m1/s1. The van der Waals surface area contributed by atoms with Crippen molar-refractivity contribution in [3.05, 3.63) is 12.3 Å². The van der Waals surface area contributed by atoms with Crippen LogP contribution in [0.2, 0.25) is 0 Å². The third-order valence-electron chi connectivity index (χ3n) is 7.68. The van der Waals surface area contributed by atoms with Crippen LogP contribution in [0.15, 0.2) is 12.3 Å². The van der Waals surface area contributed by atoms with E-state index in [-0.39, 0.29) is 59.8 Å². The van der Waals surface area contributed by atoms with Crippen molar-refractivity contribution in [1.29, 1.82) is 0 Å². The number of esters is 2. The van der Waals surface area contributed by atoms with Crippen molar-refractivity contribution in [2.24, 2.45) is 29.4 Å². The first-order valence-electron chi connectivity index (χ1n) is 14.7. The molecule has 7 atom stereocenters. The van der Waals surface area contributed by atoms with Crippen LogP contribution in [-0.2, 0) is 28.6 Å². The number of carbonyl (C=O) groups is 3. The first-order valence-corrected chi connectivity index (χ1v) is 14.7. The summed E-state index contributed by atoms with van der Waals surface area (Å²) in [5.41, 5.74) is 6.54. The summed E-state index contributed by atoms with van der Waals surface area (Å²) in [5.74, 6) is -1.31. The van der Waals surface area contributed by atoms with Crippen LogP contribution in [0.25, 0.3) is 0 Å². The molecule has 0 aromatic carbocycles. The van der Waals surface area contributed by atoms with Gasteiger partial charge >= 0.3 is 11.9 Å². The van der Waals surface area contributed by atoms with Gasteiger partial charge in [-0.2, -0.15) is 0 Å². The van der Waals surface area contributed by atoms with Crippen LogP contribution in [0.4, 0.5) is 0 Å². The summed E-state index contributed by atoms with van der Waals surface area (Å²) in [4.78, 5) is 38.3. The Morgan fingerprint density at radius 2 is 1.69 bits per heavy atom. The molecular weight excluding hydrogens is 500 g/mol. The normalized spacial score (nSPS) is 20.0. The molecule has 0 aromatic heterocycles. The fourth-order valence-corrected chi connectivity index (χ4v) is 4.68. The average Bonchev–Trinajstić information content (AvgIpc) is 2.90. The van der Waals surface area contributed by atoms with Crippen LogP contribution >= 0.6 is 0 Å². The van der Waals surface area contributed by atoms with E-state index in [1.54, 1.807) is 39.0 Å². The Morgan fingerprint density at radius 1 is 1.03 bits per heavy atom. The van der Waals surface area contributed by atoms with Crippen molar-refractivity contribution in [3.8, 4) is 0 Å². The summed E-state index contributed by atoms with van der Waals surface area (Å²) in [6.45, 7) is 13.8. The van der Waals surface area contributed by atoms with Crippen molar-refractivity contribution in [2.45, 2.75) is 124 Å². The number of nitrogens with two attached hydrogens (primary N) is 1. The van der Waals surface area contributed by atoms with Crippen LogP contribution in [0.3, 0.4) is 0 Å². The van der Waals surface area contributed by atoms with Gasteiger partial charge in [0.25, 0.3) is 0 Å². The molecule has 0 aromatic rings. The molecule has 1 rings (SSSR count). The molecule has 1 fully saturated rings. The highest BCUT2D eigenvalue weighted by atomic mass is 16.6. The average molecular weight is 555 g/mol. The molecule has 0 unspecified atom stereocenters. The third kappa shape index (κ3) is 12.0. The summed E-state index contributed by atoms with van der Waals surface area (Å²) in [6, 6.07) is -0.386. The van der Waals surface area contributed by atoms with Crippen molar-refractivity contribution in [3.63, 3.8) is 0 Å². The van der Waals surface area contributed by atoms with Gasteiger partial charge in [-0.05, 0) is 31.6 Å². The van der Waals surface area contributed by atoms with Gasteiger partial charge in [-0.1, -0.05) is 54.5 Å². The molecule has 9 heteroatoms. The van der Waals surface area contributed by atoms with E-state index in [1.807, 2.05) is 33.8 Å². The molecule has 9 nitrogen and oxygen atoms in total. The minimum atomic E-state index is -0.792. The Kier molecular flexibility index (Phi) is 15.9. The lowest BCUT2D eigenvalue weighted by molar-refractivity contribution is -0.159. The molecule has 226 valence electrons. The highest BCUT2D eigenvalue weighted by Crippen LogP contribution is 2.26. The lowest BCUT2D eigenvalue weighted by Gasteiger charge is -2.33. The summed E-state index contributed by atoms with van der Waals surface area (Å²) >= 11 is 0. The molecule has 0 saturated carbocycles. The first kappa shape index (κ1) is 35.1. The molecule has 1 amide bonds. The number of aliphatic hydroxyl groups is 1. The fraction of sp³-hybridized carbons (Fsp3) is 0.833. The molecule has 39 heavy (non-hydrogen) atoms. The smallest absolute Gasteiger partial charge is 0.308 e. The van der Waals surface area contributed by atoms with Gasteiger partial charge in [0.2, 0.25) is 5.91 Å². The Labute approximate surface area is 235 Å². The monoisotopic (exact) mass is 554 g/mol. The van der Waals surface area contributed by atoms with Gasteiger partial charge in [0.15, 0.2) is 0 Å². The largest absolute Gasteiger partial charge is 0.462 e. The maximum Gasteiger partial charge on any atom is 0.308 e. The Hall–Kier alpha value is -1.97. The van der Waals surface area contributed by atoms with E-state index in [1.165, 1.54) is 0 Å². The molecule has 0 spiro atoms. The highest BCUT2D eigenvalue weighted by Gasteiger charge is 2.33. The van der Waals surface area contributed by atoms with Crippen molar-refractivity contribution in [2.75, 3.05) is 13.7 Å². The molecule has 0 bridgehead atoms. The van der Waals surface area contributed by atoms with Crippen molar-refractivity contribution < 1.29 is 33.7 Å². The van der Waals surface area contributed by atoms with Crippen molar-refractivity contribution >= 4 is 17.8 Å². The van der Waals surface area contributed by atoms with E-state index in [4.69, 9.17) is 19.9 Å². The number of methoxy groups -OCH3 is 1. The van der Waals surface area contributed by atoms with Crippen LogP contribution in [-0.4, -0.2) is 72.0 Å². The second-order valence-corrected chi connectivity index (χ2v) is 11.6. The topological polar surface area (TPSA) is 128 Å². The van der Waals surface area contributed by atoms with Gasteiger partial charge in [-0.15, -0.1) is 0 Å². The Balaban J connectivity index is 2.91. The number of hydrogen-bond acceptors (Lipinski definition) is 8. The molecule has 0 radical (unpaired) electrons. The van der Waals surface area contributed by atoms with E-state index in [2.05, 4.69) is 0 Å². The number of aliphatic hydroxyl groups excluding tert-OH is 1. The van der Waals surface area contributed by atoms with E-state index < -0.39 is 12.2 Å². The lowest BCUT2D eigenvalue weighted by atomic mass is 9.85. The van der Waals surface area contributed by atoms with E-state index in [9.17, 15) is 19.5 Å². The van der Waals surface area contributed by atoms with Gasteiger partial charge in [-0.25, -0.2) is 0 Å². The molecule has 0 aliphatic carbocycles. The SMILES string of the molecule is CCC(=O)O[C@@H](C[C@H](OC)[C@@H](N)CC[C@@H](OC(=O)C(C)C)[C@H](C)[C@H](O)[C@H](C)/C=C/N1CCCCC1=O)C(C)C.